The van der Waals surface area contributed by atoms with E-state index in [1.54, 1.807) is 11.0 Å². The van der Waals surface area contributed by atoms with Crippen LogP contribution in [0.2, 0.25) is 0 Å². The number of hydrogen-bond acceptors (Lipinski definition) is 2. The van der Waals surface area contributed by atoms with Gasteiger partial charge >= 0.3 is 5.97 Å². The largest absolute Gasteiger partial charge is 0.481 e. The summed E-state index contributed by atoms with van der Waals surface area (Å²) in [6, 6.07) is 0.201. The van der Waals surface area contributed by atoms with E-state index in [9.17, 15) is 9.59 Å². The van der Waals surface area contributed by atoms with Crippen molar-refractivity contribution in [2.24, 2.45) is 5.92 Å². The summed E-state index contributed by atoms with van der Waals surface area (Å²) >= 11 is 0. The van der Waals surface area contributed by atoms with Gasteiger partial charge in [0.2, 0.25) is 5.91 Å². The fourth-order valence-electron chi connectivity index (χ4n) is 2.13. The number of carboxylic acid groups (broad SMARTS) is 1. The van der Waals surface area contributed by atoms with Gasteiger partial charge in [0.05, 0.1) is 0 Å². The molecular formula is C12H19NO3. The predicted octanol–water partition coefficient (Wildman–Crippen LogP) is 1.66. The SMILES string of the molecule is C=CCN(C(=O)C(C)C(=O)O)C1CCCC1. The van der Waals surface area contributed by atoms with Crippen molar-refractivity contribution in [3.8, 4) is 0 Å². The maximum absolute atomic E-state index is 12.0. The number of nitrogens with zero attached hydrogens (tertiary/aromatic N) is 1. The average molecular weight is 225 g/mol. The lowest BCUT2D eigenvalue weighted by atomic mass is 10.1. The molecule has 1 N–H and O–H groups in total. The lowest BCUT2D eigenvalue weighted by Gasteiger charge is -2.29. The summed E-state index contributed by atoms with van der Waals surface area (Å²) < 4.78 is 0. The van der Waals surface area contributed by atoms with Crippen molar-refractivity contribution in [2.45, 2.75) is 38.6 Å². The molecule has 0 aliphatic heterocycles. The lowest BCUT2D eigenvalue weighted by molar-refractivity contribution is -0.151. The van der Waals surface area contributed by atoms with Crippen LogP contribution >= 0.6 is 0 Å². The molecule has 1 aliphatic carbocycles. The Balaban J connectivity index is 2.71. The minimum Gasteiger partial charge on any atom is -0.481 e. The van der Waals surface area contributed by atoms with Gasteiger partial charge in [-0.1, -0.05) is 18.9 Å². The maximum Gasteiger partial charge on any atom is 0.315 e. The van der Waals surface area contributed by atoms with Gasteiger partial charge in [0.1, 0.15) is 5.92 Å². The number of amides is 1. The van der Waals surface area contributed by atoms with Crippen molar-refractivity contribution in [1.29, 1.82) is 0 Å². The first kappa shape index (κ1) is 12.7. The Hall–Kier alpha value is -1.32. The van der Waals surface area contributed by atoms with Crippen LogP contribution in [0, 0.1) is 5.92 Å². The number of carbonyl (C=O) groups excluding carboxylic acids is 1. The highest BCUT2D eigenvalue weighted by atomic mass is 16.4. The fourth-order valence-corrected chi connectivity index (χ4v) is 2.13. The van der Waals surface area contributed by atoms with Crippen LogP contribution in [0.5, 0.6) is 0 Å². The molecule has 0 radical (unpaired) electrons. The molecule has 4 heteroatoms. The van der Waals surface area contributed by atoms with Crippen molar-refractivity contribution >= 4 is 11.9 Å². The fraction of sp³-hybridized carbons (Fsp3) is 0.667. The maximum atomic E-state index is 12.0. The standard InChI is InChI=1S/C12H19NO3/c1-3-8-13(10-6-4-5-7-10)11(14)9(2)12(15)16/h3,9-10H,1,4-8H2,2H3,(H,15,16). The van der Waals surface area contributed by atoms with Crippen molar-refractivity contribution in [1.82, 2.24) is 4.90 Å². The lowest BCUT2D eigenvalue weighted by Crippen LogP contribution is -2.43. The van der Waals surface area contributed by atoms with E-state index in [-0.39, 0.29) is 11.9 Å². The van der Waals surface area contributed by atoms with Gasteiger partial charge in [0.15, 0.2) is 0 Å². The molecule has 0 aromatic rings. The summed E-state index contributed by atoms with van der Waals surface area (Å²) in [5, 5.41) is 8.84. The van der Waals surface area contributed by atoms with Crippen LogP contribution in [0.3, 0.4) is 0 Å². The first-order valence-corrected chi connectivity index (χ1v) is 5.72. The molecule has 1 unspecified atom stereocenters. The highest BCUT2D eigenvalue weighted by Crippen LogP contribution is 2.24. The molecule has 4 nitrogen and oxygen atoms in total. The first-order valence-electron chi connectivity index (χ1n) is 5.72. The summed E-state index contributed by atoms with van der Waals surface area (Å²) in [5.74, 6) is -2.31. The van der Waals surface area contributed by atoms with Crippen molar-refractivity contribution in [3.05, 3.63) is 12.7 Å². The number of carboxylic acids is 1. The predicted molar refractivity (Wildman–Crippen MR) is 61.0 cm³/mol. The van der Waals surface area contributed by atoms with Gasteiger partial charge in [0.25, 0.3) is 0 Å². The number of rotatable bonds is 5. The van der Waals surface area contributed by atoms with Crippen molar-refractivity contribution < 1.29 is 14.7 Å². The van der Waals surface area contributed by atoms with E-state index in [2.05, 4.69) is 6.58 Å². The highest BCUT2D eigenvalue weighted by molar-refractivity contribution is 5.96. The smallest absolute Gasteiger partial charge is 0.315 e. The van der Waals surface area contributed by atoms with E-state index in [1.165, 1.54) is 6.92 Å². The molecule has 1 amide bonds. The number of aliphatic carboxylic acids is 1. The van der Waals surface area contributed by atoms with Gasteiger partial charge in [-0.2, -0.15) is 0 Å². The quantitative estimate of drug-likeness (QED) is 0.572. The van der Waals surface area contributed by atoms with Gasteiger partial charge < -0.3 is 10.0 Å². The van der Waals surface area contributed by atoms with E-state index in [4.69, 9.17) is 5.11 Å². The second-order valence-corrected chi connectivity index (χ2v) is 4.28. The summed E-state index contributed by atoms with van der Waals surface area (Å²) in [6.07, 6.45) is 5.85. The molecule has 1 fully saturated rings. The molecule has 1 saturated carbocycles. The molecule has 1 atom stereocenters. The Morgan fingerprint density at radius 1 is 1.50 bits per heavy atom. The minimum absolute atomic E-state index is 0.201. The van der Waals surface area contributed by atoms with E-state index in [0.717, 1.165) is 25.7 Å². The van der Waals surface area contributed by atoms with Crippen LogP contribution in [0.15, 0.2) is 12.7 Å². The molecule has 90 valence electrons. The number of hydrogen-bond donors (Lipinski definition) is 1. The Labute approximate surface area is 95.9 Å². The van der Waals surface area contributed by atoms with Crippen molar-refractivity contribution in [2.75, 3.05) is 6.54 Å². The van der Waals surface area contributed by atoms with Crippen molar-refractivity contribution in [3.63, 3.8) is 0 Å². The molecular weight excluding hydrogens is 206 g/mol. The first-order chi connectivity index (χ1) is 7.57. The topological polar surface area (TPSA) is 57.6 Å². The average Bonchev–Trinajstić information content (AvgIpc) is 2.76. The zero-order valence-corrected chi connectivity index (χ0v) is 9.69. The molecule has 0 spiro atoms. The van der Waals surface area contributed by atoms with Gasteiger partial charge in [-0.25, -0.2) is 0 Å². The van der Waals surface area contributed by atoms with Crippen LogP contribution in [0.25, 0.3) is 0 Å². The van der Waals surface area contributed by atoms with Crippen LogP contribution in [0.4, 0.5) is 0 Å². The van der Waals surface area contributed by atoms with Crippen LogP contribution in [0.1, 0.15) is 32.6 Å². The monoisotopic (exact) mass is 225 g/mol. The Morgan fingerprint density at radius 3 is 2.50 bits per heavy atom. The molecule has 0 saturated heterocycles. The van der Waals surface area contributed by atoms with Gasteiger partial charge in [-0.15, -0.1) is 6.58 Å². The number of carbonyl (C=O) groups is 2. The zero-order valence-electron chi connectivity index (χ0n) is 9.69. The van der Waals surface area contributed by atoms with Crippen LogP contribution < -0.4 is 0 Å². The molecule has 16 heavy (non-hydrogen) atoms. The third kappa shape index (κ3) is 2.84. The summed E-state index contributed by atoms with van der Waals surface area (Å²) in [6.45, 7) is 5.50. The molecule has 0 bridgehead atoms. The van der Waals surface area contributed by atoms with Gasteiger partial charge in [0, 0.05) is 12.6 Å². The third-order valence-electron chi connectivity index (χ3n) is 3.12. The second-order valence-electron chi connectivity index (χ2n) is 4.28. The summed E-state index contributed by atoms with van der Waals surface area (Å²) in [7, 11) is 0. The van der Waals surface area contributed by atoms with E-state index >= 15 is 0 Å². The molecule has 1 aliphatic rings. The summed E-state index contributed by atoms with van der Waals surface area (Å²) in [4.78, 5) is 24.4. The van der Waals surface area contributed by atoms with E-state index in [1.807, 2.05) is 0 Å². The molecule has 0 aromatic carbocycles. The minimum atomic E-state index is -1.06. The highest BCUT2D eigenvalue weighted by Gasteiger charge is 2.31. The molecule has 0 heterocycles. The Bertz CT molecular complexity index is 282. The zero-order chi connectivity index (χ0) is 12.1. The van der Waals surface area contributed by atoms with E-state index in [0.29, 0.717) is 6.54 Å². The van der Waals surface area contributed by atoms with E-state index < -0.39 is 11.9 Å². The van der Waals surface area contributed by atoms with Gasteiger partial charge in [-0.05, 0) is 19.8 Å². The molecule has 0 aromatic heterocycles. The second kappa shape index (κ2) is 5.68. The van der Waals surface area contributed by atoms with Crippen LogP contribution in [-0.2, 0) is 9.59 Å². The Kier molecular flexibility index (Phi) is 4.52. The van der Waals surface area contributed by atoms with Crippen LogP contribution in [-0.4, -0.2) is 34.5 Å². The normalized spacial score (nSPS) is 18.1. The third-order valence-corrected chi connectivity index (χ3v) is 3.12. The molecule has 1 rings (SSSR count). The van der Waals surface area contributed by atoms with Gasteiger partial charge in [-0.3, -0.25) is 9.59 Å². The Morgan fingerprint density at radius 2 is 2.06 bits per heavy atom. The summed E-state index contributed by atoms with van der Waals surface area (Å²) in [5.41, 5.74) is 0.